The Balaban J connectivity index is 1.08. The minimum absolute atomic E-state index is 0.352. The lowest BCUT2D eigenvalue weighted by atomic mass is 9.57. The van der Waals surface area contributed by atoms with Crippen LogP contribution in [0.4, 0.5) is 0 Å². The van der Waals surface area contributed by atoms with Crippen molar-refractivity contribution >= 4 is 11.4 Å². The van der Waals surface area contributed by atoms with E-state index in [2.05, 4.69) is 61.5 Å². The molecule has 0 aromatic heterocycles. The van der Waals surface area contributed by atoms with Crippen molar-refractivity contribution in [2.75, 3.05) is 0 Å². The van der Waals surface area contributed by atoms with Gasteiger partial charge in [-0.3, -0.25) is 4.79 Å². The highest BCUT2D eigenvalue weighted by Gasteiger charge is 2.43. The molecule has 172 valence electrons. The number of unbranched alkanes of at least 4 members (excludes halogenated alkanes) is 1. The van der Waals surface area contributed by atoms with Crippen LogP contribution in [-0.4, -0.2) is 5.78 Å². The van der Waals surface area contributed by atoms with Crippen molar-refractivity contribution in [2.24, 2.45) is 5.92 Å². The highest BCUT2D eigenvalue weighted by Crippen LogP contribution is 2.51. The zero-order chi connectivity index (χ0) is 22.7. The van der Waals surface area contributed by atoms with E-state index in [1.54, 1.807) is 16.7 Å². The third-order valence-corrected chi connectivity index (χ3v) is 8.60. The summed E-state index contributed by atoms with van der Waals surface area (Å²) in [7, 11) is 0. The van der Waals surface area contributed by atoms with Gasteiger partial charge in [0, 0.05) is 11.8 Å². The second-order valence-corrected chi connectivity index (χ2v) is 10.6. The summed E-state index contributed by atoms with van der Waals surface area (Å²) in [4.78, 5) is 12.6. The van der Waals surface area contributed by atoms with E-state index in [1.807, 2.05) is 6.08 Å². The topological polar surface area (TPSA) is 17.1 Å². The van der Waals surface area contributed by atoms with Crippen molar-refractivity contribution < 1.29 is 4.79 Å². The Morgan fingerprint density at radius 3 is 2.52 bits per heavy atom. The number of fused-ring (bicyclic) bond motifs is 3. The van der Waals surface area contributed by atoms with Gasteiger partial charge in [0.05, 0.1) is 0 Å². The number of carbonyl (C=O) groups is 1. The predicted octanol–water partition coefficient (Wildman–Crippen LogP) is 8.17. The van der Waals surface area contributed by atoms with Crippen molar-refractivity contribution in [2.45, 2.75) is 89.4 Å². The first-order valence-electron chi connectivity index (χ1n) is 13.3. The van der Waals surface area contributed by atoms with Gasteiger partial charge in [-0.25, -0.2) is 0 Å². The van der Waals surface area contributed by atoms with E-state index < -0.39 is 0 Å². The van der Waals surface area contributed by atoms with Gasteiger partial charge >= 0.3 is 0 Å². The molecular weight excluding hydrogens is 400 g/mol. The first kappa shape index (κ1) is 22.4. The minimum atomic E-state index is 0.352. The zero-order valence-corrected chi connectivity index (χ0v) is 20.2. The SMILES string of the molecule is CCC(CCCCC(=O)C=C1CCC2(CC1)Cc1ccccc12)C1=CCCc2ccccc21. The molecular formula is C32H38O. The van der Waals surface area contributed by atoms with Crippen LogP contribution in [0.5, 0.6) is 0 Å². The van der Waals surface area contributed by atoms with Crippen LogP contribution in [0.1, 0.15) is 93.4 Å². The van der Waals surface area contributed by atoms with Crippen molar-refractivity contribution in [3.63, 3.8) is 0 Å². The summed E-state index contributed by atoms with van der Waals surface area (Å²) in [6.45, 7) is 2.31. The smallest absolute Gasteiger partial charge is 0.155 e. The second kappa shape index (κ2) is 9.84. The second-order valence-electron chi connectivity index (χ2n) is 10.6. The Hall–Kier alpha value is -2.41. The lowest BCUT2D eigenvalue weighted by molar-refractivity contribution is -0.114. The highest BCUT2D eigenvalue weighted by molar-refractivity contribution is 5.90. The van der Waals surface area contributed by atoms with Gasteiger partial charge in [-0.05, 0) is 104 Å². The fourth-order valence-electron chi connectivity index (χ4n) is 6.65. The maximum atomic E-state index is 12.6. The van der Waals surface area contributed by atoms with E-state index in [4.69, 9.17) is 0 Å². The molecule has 1 saturated carbocycles. The number of hydrogen-bond acceptors (Lipinski definition) is 1. The maximum absolute atomic E-state index is 12.6. The van der Waals surface area contributed by atoms with Crippen molar-refractivity contribution in [3.05, 3.63) is 88.5 Å². The summed E-state index contributed by atoms with van der Waals surface area (Å²) in [6, 6.07) is 17.9. The minimum Gasteiger partial charge on any atom is -0.295 e. The standard InChI is InChI=1S/C32H38O/c1-2-25(29-16-9-13-26-11-4-7-15-30(26)29)10-3-6-14-28(33)22-24-18-20-32(21-19-24)23-27-12-5-8-17-31(27)32/h4-5,7-8,11-12,15-17,22,25H,2-3,6,9-10,13-14,18-21,23H2,1H3. The van der Waals surface area contributed by atoms with Gasteiger partial charge in [0.25, 0.3) is 0 Å². The van der Waals surface area contributed by atoms with Gasteiger partial charge in [0.2, 0.25) is 0 Å². The number of ketones is 1. The highest BCUT2D eigenvalue weighted by atomic mass is 16.1. The third kappa shape index (κ3) is 4.65. The Bertz CT molecular complexity index is 1060. The average Bonchev–Trinajstić information content (AvgIpc) is 2.84. The van der Waals surface area contributed by atoms with Gasteiger partial charge in [0.15, 0.2) is 5.78 Å². The molecule has 0 amide bonds. The van der Waals surface area contributed by atoms with Gasteiger partial charge in [-0.15, -0.1) is 0 Å². The number of aryl methyl sites for hydroxylation is 1. The molecule has 0 N–H and O–H groups in total. The van der Waals surface area contributed by atoms with E-state index in [0.29, 0.717) is 23.5 Å². The van der Waals surface area contributed by atoms with Gasteiger partial charge in [-0.1, -0.05) is 73.5 Å². The molecule has 0 radical (unpaired) electrons. The fraction of sp³-hybridized carbons (Fsp3) is 0.469. The van der Waals surface area contributed by atoms with Crippen molar-refractivity contribution in [1.82, 2.24) is 0 Å². The molecule has 1 atom stereocenters. The number of rotatable bonds is 8. The Morgan fingerprint density at radius 2 is 1.73 bits per heavy atom. The van der Waals surface area contributed by atoms with E-state index in [1.165, 1.54) is 61.6 Å². The first-order valence-corrected chi connectivity index (χ1v) is 13.3. The fourth-order valence-corrected chi connectivity index (χ4v) is 6.65. The summed E-state index contributed by atoms with van der Waals surface area (Å²) < 4.78 is 0. The van der Waals surface area contributed by atoms with Crippen LogP contribution < -0.4 is 0 Å². The lowest BCUT2D eigenvalue weighted by Crippen LogP contribution is -2.40. The molecule has 2 aromatic rings. The summed E-state index contributed by atoms with van der Waals surface area (Å²) in [5.74, 6) is 0.977. The van der Waals surface area contributed by atoms with Gasteiger partial charge in [0.1, 0.15) is 0 Å². The summed E-state index contributed by atoms with van der Waals surface area (Å²) in [6.07, 6.45) is 18.0. The number of carbonyl (C=O) groups excluding carboxylic acids is 1. The molecule has 1 fully saturated rings. The molecule has 3 aliphatic rings. The number of benzene rings is 2. The molecule has 33 heavy (non-hydrogen) atoms. The van der Waals surface area contributed by atoms with Crippen LogP contribution in [0.3, 0.4) is 0 Å². The molecule has 5 rings (SSSR count). The summed E-state index contributed by atoms with van der Waals surface area (Å²) in [5.41, 5.74) is 9.47. The molecule has 3 aliphatic carbocycles. The third-order valence-electron chi connectivity index (χ3n) is 8.60. The van der Waals surface area contributed by atoms with Crippen LogP contribution in [0, 0.1) is 5.92 Å². The molecule has 0 bridgehead atoms. The van der Waals surface area contributed by atoms with Gasteiger partial charge < -0.3 is 0 Å². The van der Waals surface area contributed by atoms with E-state index in [0.717, 1.165) is 25.7 Å². The Kier molecular flexibility index (Phi) is 6.67. The lowest BCUT2D eigenvalue weighted by Gasteiger charge is -2.47. The van der Waals surface area contributed by atoms with Crippen LogP contribution in [0.25, 0.3) is 5.57 Å². The van der Waals surface area contributed by atoms with E-state index >= 15 is 0 Å². The van der Waals surface area contributed by atoms with Crippen LogP contribution in [0.2, 0.25) is 0 Å². The Labute approximate surface area is 200 Å². The monoisotopic (exact) mass is 438 g/mol. The summed E-state index contributed by atoms with van der Waals surface area (Å²) >= 11 is 0. The normalized spacial score (nSPS) is 22.1. The van der Waals surface area contributed by atoms with Crippen molar-refractivity contribution in [1.29, 1.82) is 0 Å². The molecule has 1 spiro atoms. The zero-order valence-electron chi connectivity index (χ0n) is 20.2. The average molecular weight is 439 g/mol. The van der Waals surface area contributed by atoms with Crippen LogP contribution in [-0.2, 0) is 23.1 Å². The molecule has 0 heterocycles. The van der Waals surface area contributed by atoms with Crippen molar-refractivity contribution in [3.8, 4) is 0 Å². The Morgan fingerprint density at radius 1 is 0.970 bits per heavy atom. The molecule has 0 aliphatic heterocycles. The first-order chi connectivity index (χ1) is 16.2. The van der Waals surface area contributed by atoms with E-state index in [-0.39, 0.29) is 0 Å². The largest absolute Gasteiger partial charge is 0.295 e. The predicted molar refractivity (Wildman–Crippen MR) is 138 cm³/mol. The number of allylic oxidation sites excluding steroid dienone is 4. The van der Waals surface area contributed by atoms with E-state index in [9.17, 15) is 4.79 Å². The molecule has 2 aromatic carbocycles. The van der Waals surface area contributed by atoms with Crippen LogP contribution >= 0.6 is 0 Å². The number of hydrogen-bond donors (Lipinski definition) is 0. The van der Waals surface area contributed by atoms with Gasteiger partial charge in [-0.2, -0.15) is 0 Å². The van der Waals surface area contributed by atoms with Crippen LogP contribution in [0.15, 0.2) is 66.3 Å². The quantitative estimate of drug-likeness (QED) is 0.300. The molecule has 1 heteroatoms. The summed E-state index contributed by atoms with van der Waals surface area (Å²) in [5, 5.41) is 0. The molecule has 1 unspecified atom stereocenters. The maximum Gasteiger partial charge on any atom is 0.155 e. The molecule has 1 nitrogen and oxygen atoms in total. The molecule has 0 saturated heterocycles.